The van der Waals surface area contributed by atoms with E-state index in [0.29, 0.717) is 28.3 Å². The first-order chi connectivity index (χ1) is 13.5. The Morgan fingerprint density at radius 3 is 2.50 bits per heavy atom. The van der Waals surface area contributed by atoms with E-state index in [0.717, 1.165) is 0 Å². The standard InChI is InChI=1S/C20H14N2O5S/c23-20-11-6-14-12-17(8-9-18(14)27-20)28(24,25)22-15-7-10-19(21-13-15)26-16-4-2-1-3-5-16/h1-13,22H. The molecule has 7 nitrogen and oxygen atoms in total. The Kier molecular flexibility index (Phi) is 4.54. The van der Waals surface area contributed by atoms with Crippen molar-refractivity contribution in [2.45, 2.75) is 4.90 Å². The minimum absolute atomic E-state index is 0.0402. The molecule has 0 saturated carbocycles. The summed E-state index contributed by atoms with van der Waals surface area (Å²) in [6, 6.07) is 19.3. The van der Waals surface area contributed by atoms with Crippen LogP contribution in [-0.2, 0) is 10.0 Å². The van der Waals surface area contributed by atoms with Crippen LogP contribution in [0.15, 0.2) is 93.1 Å². The third-order valence-electron chi connectivity index (χ3n) is 3.86. The minimum Gasteiger partial charge on any atom is -0.439 e. The van der Waals surface area contributed by atoms with Crippen LogP contribution in [0, 0.1) is 0 Å². The molecule has 1 N–H and O–H groups in total. The molecule has 8 heteroatoms. The molecule has 0 radical (unpaired) electrons. The van der Waals surface area contributed by atoms with Crippen molar-refractivity contribution in [3.05, 3.63) is 89.4 Å². The van der Waals surface area contributed by atoms with Gasteiger partial charge in [0.25, 0.3) is 10.0 Å². The van der Waals surface area contributed by atoms with Gasteiger partial charge in [-0.1, -0.05) is 18.2 Å². The number of ether oxygens (including phenoxy) is 1. The van der Waals surface area contributed by atoms with Crippen LogP contribution in [0.25, 0.3) is 11.0 Å². The van der Waals surface area contributed by atoms with Gasteiger partial charge in [-0.25, -0.2) is 18.2 Å². The number of aromatic nitrogens is 1. The number of rotatable bonds is 5. The lowest BCUT2D eigenvalue weighted by atomic mass is 10.2. The van der Waals surface area contributed by atoms with Crippen molar-refractivity contribution in [1.29, 1.82) is 0 Å². The number of sulfonamides is 1. The fourth-order valence-electron chi connectivity index (χ4n) is 2.54. The molecular weight excluding hydrogens is 380 g/mol. The lowest BCUT2D eigenvalue weighted by Gasteiger charge is -2.09. The zero-order valence-electron chi connectivity index (χ0n) is 14.4. The van der Waals surface area contributed by atoms with Gasteiger partial charge < -0.3 is 9.15 Å². The number of para-hydroxylation sites is 1. The summed E-state index contributed by atoms with van der Waals surface area (Å²) in [6.07, 6.45) is 1.37. The molecule has 2 aromatic carbocycles. The minimum atomic E-state index is -3.84. The fourth-order valence-corrected chi connectivity index (χ4v) is 3.62. The summed E-state index contributed by atoms with van der Waals surface area (Å²) in [6.45, 7) is 0. The van der Waals surface area contributed by atoms with E-state index in [4.69, 9.17) is 9.15 Å². The lowest BCUT2D eigenvalue weighted by Crippen LogP contribution is -2.13. The van der Waals surface area contributed by atoms with E-state index >= 15 is 0 Å². The zero-order valence-corrected chi connectivity index (χ0v) is 15.2. The second-order valence-electron chi connectivity index (χ2n) is 5.86. The Bertz CT molecular complexity index is 1280. The normalized spacial score (nSPS) is 11.3. The van der Waals surface area contributed by atoms with E-state index in [-0.39, 0.29) is 4.90 Å². The van der Waals surface area contributed by atoms with Gasteiger partial charge >= 0.3 is 5.63 Å². The highest BCUT2D eigenvalue weighted by molar-refractivity contribution is 7.92. The first kappa shape index (κ1) is 17.7. The van der Waals surface area contributed by atoms with Gasteiger partial charge in [-0.2, -0.15) is 0 Å². The van der Waals surface area contributed by atoms with Gasteiger partial charge in [0.2, 0.25) is 5.88 Å². The van der Waals surface area contributed by atoms with E-state index in [2.05, 4.69) is 9.71 Å². The van der Waals surface area contributed by atoms with Crippen molar-refractivity contribution < 1.29 is 17.6 Å². The molecule has 0 amide bonds. The average molecular weight is 394 g/mol. The molecule has 28 heavy (non-hydrogen) atoms. The van der Waals surface area contributed by atoms with Crippen molar-refractivity contribution in [2.75, 3.05) is 4.72 Å². The van der Waals surface area contributed by atoms with Crippen LogP contribution in [0.2, 0.25) is 0 Å². The van der Waals surface area contributed by atoms with Crippen LogP contribution < -0.4 is 15.1 Å². The summed E-state index contributed by atoms with van der Waals surface area (Å²) in [7, 11) is -3.84. The molecule has 0 unspecified atom stereocenters. The maximum atomic E-state index is 12.6. The SMILES string of the molecule is O=c1ccc2cc(S(=O)(=O)Nc3ccc(Oc4ccccc4)nc3)ccc2o1. The fraction of sp³-hybridized carbons (Fsp3) is 0. The van der Waals surface area contributed by atoms with Crippen molar-refractivity contribution in [1.82, 2.24) is 4.98 Å². The Balaban J connectivity index is 1.54. The van der Waals surface area contributed by atoms with E-state index in [1.165, 1.54) is 36.5 Å². The van der Waals surface area contributed by atoms with Gasteiger partial charge in [0.05, 0.1) is 16.8 Å². The highest BCUT2D eigenvalue weighted by Crippen LogP contribution is 2.23. The van der Waals surface area contributed by atoms with Gasteiger partial charge in [-0.3, -0.25) is 4.72 Å². The zero-order chi connectivity index (χ0) is 19.6. The highest BCUT2D eigenvalue weighted by Gasteiger charge is 2.15. The molecule has 2 heterocycles. The van der Waals surface area contributed by atoms with E-state index in [1.807, 2.05) is 18.2 Å². The average Bonchev–Trinajstić information content (AvgIpc) is 2.69. The molecular formula is C20H14N2O5S. The summed E-state index contributed by atoms with van der Waals surface area (Å²) >= 11 is 0. The first-order valence-corrected chi connectivity index (χ1v) is 9.74. The Hall–Kier alpha value is -3.65. The number of pyridine rings is 1. The molecule has 0 spiro atoms. The van der Waals surface area contributed by atoms with Gasteiger partial charge in [0, 0.05) is 17.5 Å². The van der Waals surface area contributed by atoms with Crippen LogP contribution in [0.3, 0.4) is 0 Å². The summed E-state index contributed by atoms with van der Waals surface area (Å²) < 4.78 is 38.3. The maximum Gasteiger partial charge on any atom is 0.336 e. The quantitative estimate of drug-likeness (QED) is 0.517. The molecule has 2 aromatic heterocycles. The van der Waals surface area contributed by atoms with E-state index in [1.54, 1.807) is 24.3 Å². The van der Waals surface area contributed by atoms with E-state index in [9.17, 15) is 13.2 Å². The molecule has 0 fully saturated rings. The molecule has 0 aliphatic heterocycles. The lowest BCUT2D eigenvalue weighted by molar-refractivity contribution is 0.463. The summed E-state index contributed by atoms with van der Waals surface area (Å²) in [5.74, 6) is 0.973. The summed E-state index contributed by atoms with van der Waals surface area (Å²) in [5, 5.41) is 0.507. The smallest absolute Gasteiger partial charge is 0.336 e. The van der Waals surface area contributed by atoms with E-state index < -0.39 is 15.6 Å². The van der Waals surface area contributed by atoms with Crippen LogP contribution in [-0.4, -0.2) is 13.4 Å². The van der Waals surface area contributed by atoms with Crippen LogP contribution in [0.4, 0.5) is 5.69 Å². The third kappa shape index (κ3) is 3.86. The number of hydrogen-bond donors (Lipinski definition) is 1. The molecule has 0 bridgehead atoms. The third-order valence-corrected chi connectivity index (χ3v) is 5.23. The van der Waals surface area contributed by atoms with Crippen LogP contribution in [0.1, 0.15) is 0 Å². The summed E-state index contributed by atoms with van der Waals surface area (Å²) in [5.41, 5.74) is 0.112. The van der Waals surface area contributed by atoms with Crippen molar-refractivity contribution in [2.24, 2.45) is 0 Å². The number of benzene rings is 2. The molecule has 4 aromatic rings. The van der Waals surface area contributed by atoms with Gasteiger partial charge in [0.1, 0.15) is 11.3 Å². The predicted octanol–water partition coefficient (Wildman–Crippen LogP) is 3.78. The second-order valence-corrected chi connectivity index (χ2v) is 7.54. The van der Waals surface area contributed by atoms with Crippen molar-refractivity contribution >= 4 is 26.7 Å². The number of anilines is 1. The highest BCUT2D eigenvalue weighted by atomic mass is 32.2. The number of nitrogens with one attached hydrogen (secondary N) is 1. The number of hydrogen-bond acceptors (Lipinski definition) is 6. The largest absolute Gasteiger partial charge is 0.439 e. The van der Waals surface area contributed by atoms with Crippen LogP contribution in [0.5, 0.6) is 11.6 Å². The molecule has 0 atom stereocenters. The number of nitrogens with zero attached hydrogens (tertiary/aromatic N) is 1. The number of fused-ring (bicyclic) bond motifs is 1. The summed E-state index contributed by atoms with van der Waals surface area (Å²) in [4.78, 5) is 15.4. The first-order valence-electron chi connectivity index (χ1n) is 8.25. The molecule has 0 aliphatic carbocycles. The molecule has 4 rings (SSSR count). The molecule has 140 valence electrons. The Labute approximate surface area is 160 Å². The molecule has 0 saturated heterocycles. The van der Waals surface area contributed by atoms with Crippen molar-refractivity contribution in [3.63, 3.8) is 0 Å². The maximum absolute atomic E-state index is 12.6. The van der Waals surface area contributed by atoms with Crippen molar-refractivity contribution in [3.8, 4) is 11.6 Å². The monoisotopic (exact) mass is 394 g/mol. The Morgan fingerprint density at radius 1 is 0.929 bits per heavy atom. The predicted molar refractivity (Wildman–Crippen MR) is 104 cm³/mol. The van der Waals surface area contributed by atoms with Gasteiger partial charge in [0.15, 0.2) is 0 Å². The van der Waals surface area contributed by atoms with Gasteiger partial charge in [-0.05, 0) is 42.5 Å². The molecule has 0 aliphatic rings. The van der Waals surface area contributed by atoms with Gasteiger partial charge in [-0.15, -0.1) is 0 Å². The Morgan fingerprint density at radius 2 is 1.75 bits per heavy atom. The van der Waals surface area contributed by atoms with Crippen LogP contribution >= 0.6 is 0 Å². The second kappa shape index (κ2) is 7.16. The topological polar surface area (TPSA) is 98.5 Å².